The molecular weight excluding hydrogens is 316 g/mol. The maximum atomic E-state index is 13.6. The molecule has 1 rings (SSSR count). The summed E-state index contributed by atoms with van der Waals surface area (Å²) < 4.78 is 26.3. The van der Waals surface area contributed by atoms with E-state index < -0.39 is 30.4 Å². The Hall–Kier alpha value is -1.47. The van der Waals surface area contributed by atoms with Crippen LogP contribution in [0.4, 0.5) is 14.5 Å². The number of aromatic nitrogens is 1. The number of halogens is 3. The number of carbonyl (C=O) groups excluding carboxylic acids is 1. The third kappa shape index (κ3) is 5.38. The maximum absolute atomic E-state index is 13.6. The molecule has 0 fully saturated rings. The van der Waals surface area contributed by atoms with Crippen molar-refractivity contribution in [3.8, 4) is 0 Å². The van der Waals surface area contributed by atoms with Crippen molar-refractivity contribution in [3.63, 3.8) is 0 Å². The molecule has 1 aromatic heterocycles. The Kier molecular flexibility index (Phi) is 6.49. The average molecular weight is 336 g/mol. The fourth-order valence-corrected chi connectivity index (χ4v) is 1.72. The van der Waals surface area contributed by atoms with Crippen LogP contribution in [-0.2, 0) is 0 Å². The van der Waals surface area contributed by atoms with Gasteiger partial charge in [-0.1, -0.05) is 11.6 Å². The predicted octanol–water partition coefficient (Wildman–Crippen LogP) is 2.34. The Morgan fingerprint density at radius 1 is 1.55 bits per heavy atom. The van der Waals surface area contributed by atoms with Crippen LogP contribution < -0.4 is 10.6 Å². The minimum Gasteiger partial charge on any atom is -0.387 e. The second-order valence-electron chi connectivity index (χ2n) is 5.58. The zero-order valence-electron chi connectivity index (χ0n) is 12.7. The van der Waals surface area contributed by atoms with Gasteiger partial charge in [-0.3, -0.25) is 4.79 Å². The molecule has 0 bridgehead atoms. The molecule has 1 heterocycles. The van der Waals surface area contributed by atoms with Crippen molar-refractivity contribution >= 4 is 23.2 Å². The first-order chi connectivity index (χ1) is 10.1. The van der Waals surface area contributed by atoms with Gasteiger partial charge in [0, 0.05) is 6.20 Å². The van der Waals surface area contributed by atoms with Crippen molar-refractivity contribution in [2.24, 2.45) is 0 Å². The highest BCUT2D eigenvalue weighted by molar-refractivity contribution is 6.29. The van der Waals surface area contributed by atoms with Gasteiger partial charge in [0.15, 0.2) is 0 Å². The number of pyridine rings is 1. The van der Waals surface area contributed by atoms with Gasteiger partial charge in [0.1, 0.15) is 18.0 Å². The van der Waals surface area contributed by atoms with Crippen LogP contribution in [0.2, 0.25) is 5.15 Å². The molecule has 22 heavy (non-hydrogen) atoms. The summed E-state index contributed by atoms with van der Waals surface area (Å²) in [6.07, 6.45) is -0.402. The highest BCUT2D eigenvalue weighted by atomic mass is 35.5. The molecule has 3 N–H and O–H groups in total. The van der Waals surface area contributed by atoms with Crippen molar-refractivity contribution in [1.29, 1.82) is 0 Å². The largest absolute Gasteiger partial charge is 0.387 e. The van der Waals surface area contributed by atoms with E-state index in [1.165, 1.54) is 26.1 Å². The molecule has 1 amide bonds. The molecule has 0 saturated heterocycles. The predicted molar refractivity (Wildman–Crippen MR) is 81.8 cm³/mol. The monoisotopic (exact) mass is 335 g/mol. The van der Waals surface area contributed by atoms with Crippen molar-refractivity contribution in [1.82, 2.24) is 10.3 Å². The summed E-state index contributed by atoms with van der Waals surface area (Å²) >= 11 is 5.77. The van der Waals surface area contributed by atoms with Gasteiger partial charge in [-0.2, -0.15) is 0 Å². The number of amides is 1. The first-order valence-electron chi connectivity index (χ1n) is 6.77. The molecule has 0 aromatic carbocycles. The van der Waals surface area contributed by atoms with E-state index >= 15 is 0 Å². The van der Waals surface area contributed by atoms with E-state index in [1.807, 2.05) is 0 Å². The lowest BCUT2D eigenvalue weighted by molar-refractivity contribution is -0.00177. The van der Waals surface area contributed by atoms with Crippen LogP contribution in [0.15, 0.2) is 12.3 Å². The zero-order valence-corrected chi connectivity index (χ0v) is 13.4. The van der Waals surface area contributed by atoms with Crippen molar-refractivity contribution < 1.29 is 18.7 Å². The van der Waals surface area contributed by atoms with E-state index in [4.69, 9.17) is 11.6 Å². The summed E-state index contributed by atoms with van der Waals surface area (Å²) in [7, 11) is 0. The zero-order chi connectivity index (χ0) is 16.9. The van der Waals surface area contributed by atoms with Gasteiger partial charge in [0.2, 0.25) is 0 Å². The van der Waals surface area contributed by atoms with Crippen LogP contribution in [0, 0.1) is 0 Å². The van der Waals surface area contributed by atoms with Gasteiger partial charge in [-0.15, -0.1) is 0 Å². The number of aliphatic hydroxyl groups is 1. The molecule has 1 aromatic rings. The van der Waals surface area contributed by atoms with Crippen LogP contribution in [0.1, 0.15) is 31.1 Å². The highest BCUT2D eigenvalue weighted by Crippen LogP contribution is 2.20. The van der Waals surface area contributed by atoms with Crippen molar-refractivity contribution in [3.05, 3.63) is 23.0 Å². The fraction of sp³-hybridized carbons (Fsp3) is 0.571. The second kappa shape index (κ2) is 7.69. The van der Waals surface area contributed by atoms with Crippen molar-refractivity contribution in [2.45, 2.75) is 38.6 Å². The first-order valence-corrected chi connectivity index (χ1v) is 7.15. The van der Waals surface area contributed by atoms with Crippen LogP contribution in [0.25, 0.3) is 0 Å². The molecule has 0 radical (unpaired) electrons. The Morgan fingerprint density at radius 2 is 2.18 bits per heavy atom. The molecule has 0 aliphatic carbocycles. The topological polar surface area (TPSA) is 74.2 Å². The lowest BCUT2D eigenvalue weighted by atomic mass is 10.0. The van der Waals surface area contributed by atoms with Crippen LogP contribution in [0.3, 0.4) is 0 Å². The molecule has 0 aliphatic heterocycles. The minimum absolute atomic E-state index is 0.118. The smallest absolute Gasteiger partial charge is 0.255 e. The van der Waals surface area contributed by atoms with E-state index in [0.29, 0.717) is 5.69 Å². The van der Waals surface area contributed by atoms with Crippen LogP contribution in [-0.4, -0.2) is 47.0 Å². The maximum Gasteiger partial charge on any atom is 0.255 e. The van der Waals surface area contributed by atoms with Gasteiger partial charge < -0.3 is 15.7 Å². The summed E-state index contributed by atoms with van der Waals surface area (Å²) in [5.41, 5.74) is -1.14. The Balaban J connectivity index is 2.84. The van der Waals surface area contributed by atoms with Gasteiger partial charge in [-0.05, 0) is 26.8 Å². The number of anilines is 1. The Morgan fingerprint density at radius 3 is 2.73 bits per heavy atom. The van der Waals surface area contributed by atoms with E-state index in [0.717, 1.165) is 0 Å². The lowest BCUT2D eigenvalue weighted by Crippen LogP contribution is -2.42. The Bertz CT molecular complexity index is 523. The molecule has 0 unspecified atom stereocenters. The van der Waals surface area contributed by atoms with E-state index in [2.05, 4.69) is 15.6 Å². The van der Waals surface area contributed by atoms with Gasteiger partial charge in [0.25, 0.3) is 5.91 Å². The number of nitrogens with zero attached hydrogens (tertiary/aromatic N) is 1. The summed E-state index contributed by atoms with van der Waals surface area (Å²) in [6, 6.07) is 0.876. The van der Waals surface area contributed by atoms with E-state index in [1.54, 1.807) is 6.92 Å². The summed E-state index contributed by atoms with van der Waals surface area (Å²) in [4.78, 5) is 15.9. The first kappa shape index (κ1) is 18.6. The molecule has 8 heteroatoms. The second-order valence-corrected chi connectivity index (χ2v) is 5.97. The molecule has 0 aliphatic rings. The number of carbonyl (C=O) groups is 1. The lowest BCUT2D eigenvalue weighted by Gasteiger charge is -2.22. The average Bonchev–Trinajstić information content (AvgIpc) is 2.43. The molecular formula is C14H20ClF2N3O2. The Labute approximate surface area is 133 Å². The third-order valence-electron chi connectivity index (χ3n) is 2.96. The SMILES string of the molecule is C[C@H](CF)Nc1cc(Cl)ncc1C(=O)NC[C@@H](F)C(C)(C)O. The van der Waals surface area contributed by atoms with Crippen LogP contribution in [0.5, 0.6) is 0 Å². The van der Waals surface area contributed by atoms with E-state index in [9.17, 15) is 18.7 Å². The fourth-order valence-electron chi connectivity index (χ4n) is 1.56. The number of nitrogens with one attached hydrogen (secondary N) is 2. The normalized spacial score (nSPS) is 14.3. The number of hydrogen-bond acceptors (Lipinski definition) is 4. The van der Waals surface area contributed by atoms with Crippen molar-refractivity contribution in [2.75, 3.05) is 18.5 Å². The molecule has 0 saturated carbocycles. The number of alkyl halides is 2. The number of hydrogen-bond donors (Lipinski definition) is 3. The molecule has 124 valence electrons. The summed E-state index contributed by atoms with van der Waals surface area (Å²) in [5.74, 6) is -0.593. The number of rotatable bonds is 7. The highest BCUT2D eigenvalue weighted by Gasteiger charge is 2.27. The third-order valence-corrected chi connectivity index (χ3v) is 3.16. The minimum atomic E-state index is -1.63. The van der Waals surface area contributed by atoms with Gasteiger partial charge in [0.05, 0.1) is 29.4 Å². The van der Waals surface area contributed by atoms with E-state index in [-0.39, 0.29) is 17.3 Å². The summed E-state index contributed by atoms with van der Waals surface area (Å²) in [5, 5.41) is 14.8. The summed E-state index contributed by atoms with van der Waals surface area (Å²) in [6.45, 7) is 3.23. The van der Waals surface area contributed by atoms with Crippen LogP contribution >= 0.6 is 11.6 Å². The molecule has 0 spiro atoms. The molecule has 2 atom stereocenters. The standard InChI is InChI=1S/C14H20ClF2N3O2/c1-8(5-16)20-10-4-12(15)18-6-9(10)13(21)19-7-11(17)14(2,3)22/h4,6,8,11,22H,5,7H2,1-3H3,(H,18,20)(H,19,21)/t8-,11-/m1/s1. The quantitative estimate of drug-likeness (QED) is 0.669. The molecule has 5 nitrogen and oxygen atoms in total. The van der Waals surface area contributed by atoms with Gasteiger partial charge >= 0.3 is 0 Å². The van der Waals surface area contributed by atoms with Gasteiger partial charge in [-0.25, -0.2) is 13.8 Å².